The van der Waals surface area contributed by atoms with Crippen molar-refractivity contribution in [1.29, 1.82) is 0 Å². The number of aromatic nitrogens is 1. The molecule has 4 heteroatoms. The molecule has 0 radical (unpaired) electrons. The minimum absolute atomic E-state index is 0.0909. The van der Waals surface area contributed by atoms with Crippen LogP contribution in [0, 0.1) is 6.92 Å². The van der Waals surface area contributed by atoms with Gasteiger partial charge in [-0.3, -0.25) is 4.98 Å². The lowest BCUT2D eigenvalue weighted by atomic mass is 9.91. The molecule has 2 heterocycles. The second-order valence-electron chi connectivity index (χ2n) is 5.38. The molecule has 0 saturated carbocycles. The van der Waals surface area contributed by atoms with E-state index in [1.807, 2.05) is 13.0 Å². The van der Waals surface area contributed by atoms with Crippen molar-refractivity contribution in [3.8, 4) is 5.75 Å². The fourth-order valence-corrected chi connectivity index (χ4v) is 2.83. The van der Waals surface area contributed by atoms with Gasteiger partial charge in [0.1, 0.15) is 5.75 Å². The van der Waals surface area contributed by atoms with E-state index in [4.69, 9.17) is 0 Å². The number of hydrogen-bond donors (Lipinski definition) is 2. The highest BCUT2D eigenvalue weighted by atomic mass is 32.1. The molecular formula is C15H20N2OS. The Morgan fingerprint density at radius 1 is 1.32 bits per heavy atom. The molecule has 0 aliphatic rings. The number of nitrogens with zero attached hydrogens (tertiary/aromatic N) is 1. The standard InChI is InChI=1S/C15H20N2OS/c1-11-6-7-13(18)12(17-11)9-16-10-15(2,3)14-5-4-8-19-14/h4-8,16,18H,9-10H2,1-3H3. The first-order valence-electron chi connectivity index (χ1n) is 6.39. The van der Waals surface area contributed by atoms with Crippen molar-refractivity contribution in [2.75, 3.05) is 6.54 Å². The summed E-state index contributed by atoms with van der Waals surface area (Å²) in [6.45, 7) is 7.80. The third-order valence-corrected chi connectivity index (χ3v) is 4.37. The van der Waals surface area contributed by atoms with Crippen LogP contribution in [-0.2, 0) is 12.0 Å². The van der Waals surface area contributed by atoms with Crippen LogP contribution in [0.1, 0.15) is 30.1 Å². The number of hydrogen-bond acceptors (Lipinski definition) is 4. The lowest BCUT2D eigenvalue weighted by Crippen LogP contribution is -2.32. The Balaban J connectivity index is 1.95. The molecule has 0 fully saturated rings. The molecule has 3 nitrogen and oxygen atoms in total. The van der Waals surface area contributed by atoms with Crippen molar-refractivity contribution in [1.82, 2.24) is 10.3 Å². The average Bonchev–Trinajstić information content (AvgIpc) is 2.88. The van der Waals surface area contributed by atoms with Gasteiger partial charge in [-0.1, -0.05) is 19.9 Å². The van der Waals surface area contributed by atoms with Gasteiger partial charge >= 0.3 is 0 Å². The number of nitrogens with one attached hydrogen (secondary N) is 1. The van der Waals surface area contributed by atoms with Crippen molar-refractivity contribution < 1.29 is 5.11 Å². The summed E-state index contributed by atoms with van der Waals surface area (Å²) >= 11 is 1.78. The zero-order valence-corrected chi connectivity index (χ0v) is 12.4. The monoisotopic (exact) mass is 276 g/mol. The van der Waals surface area contributed by atoms with E-state index in [0.29, 0.717) is 12.2 Å². The van der Waals surface area contributed by atoms with Gasteiger partial charge in [0.2, 0.25) is 0 Å². The molecule has 2 rings (SSSR count). The topological polar surface area (TPSA) is 45.1 Å². The first kappa shape index (κ1) is 14.0. The highest BCUT2D eigenvalue weighted by Crippen LogP contribution is 2.26. The molecule has 0 atom stereocenters. The molecule has 102 valence electrons. The van der Waals surface area contributed by atoms with Crippen LogP contribution in [0.2, 0.25) is 0 Å². The summed E-state index contributed by atoms with van der Waals surface area (Å²) < 4.78 is 0. The van der Waals surface area contributed by atoms with Crippen LogP contribution in [0.25, 0.3) is 0 Å². The minimum atomic E-state index is 0.0909. The molecule has 0 aliphatic heterocycles. The van der Waals surface area contributed by atoms with Gasteiger partial charge in [0.25, 0.3) is 0 Å². The normalized spacial score (nSPS) is 11.7. The van der Waals surface area contributed by atoms with E-state index >= 15 is 0 Å². The molecule has 0 aromatic carbocycles. The van der Waals surface area contributed by atoms with Gasteiger partial charge in [-0.2, -0.15) is 0 Å². The molecule has 0 unspecified atom stereocenters. The molecule has 2 aromatic heterocycles. The van der Waals surface area contributed by atoms with Crippen LogP contribution in [0.15, 0.2) is 29.6 Å². The Bertz CT molecular complexity index is 535. The third-order valence-electron chi connectivity index (χ3n) is 3.14. The summed E-state index contributed by atoms with van der Waals surface area (Å²) in [7, 11) is 0. The Morgan fingerprint density at radius 3 is 2.79 bits per heavy atom. The van der Waals surface area contributed by atoms with Crippen molar-refractivity contribution in [2.45, 2.75) is 32.7 Å². The fourth-order valence-electron chi connectivity index (χ4n) is 1.98. The lowest BCUT2D eigenvalue weighted by molar-refractivity contribution is 0.443. The highest BCUT2D eigenvalue weighted by Gasteiger charge is 2.21. The number of thiophene rings is 1. The summed E-state index contributed by atoms with van der Waals surface area (Å²) in [5.41, 5.74) is 1.72. The molecule has 0 saturated heterocycles. The Morgan fingerprint density at radius 2 is 2.11 bits per heavy atom. The summed E-state index contributed by atoms with van der Waals surface area (Å²) in [4.78, 5) is 5.71. The smallest absolute Gasteiger partial charge is 0.138 e. The quantitative estimate of drug-likeness (QED) is 0.881. The van der Waals surface area contributed by atoms with E-state index in [0.717, 1.165) is 12.2 Å². The SMILES string of the molecule is Cc1ccc(O)c(CNCC(C)(C)c2cccs2)n1. The van der Waals surface area contributed by atoms with E-state index in [9.17, 15) is 5.11 Å². The van der Waals surface area contributed by atoms with Crippen molar-refractivity contribution >= 4 is 11.3 Å². The van der Waals surface area contributed by atoms with Crippen molar-refractivity contribution in [2.24, 2.45) is 0 Å². The largest absolute Gasteiger partial charge is 0.506 e. The van der Waals surface area contributed by atoms with Gasteiger partial charge < -0.3 is 10.4 Å². The number of rotatable bonds is 5. The van der Waals surface area contributed by atoms with E-state index in [1.165, 1.54) is 4.88 Å². The van der Waals surface area contributed by atoms with Crippen molar-refractivity contribution in [3.63, 3.8) is 0 Å². The maximum absolute atomic E-state index is 9.75. The number of pyridine rings is 1. The average molecular weight is 276 g/mol. The van der Waals surface area contributed by atoms with Gasteiger partial charge in [-0.15, -0.1) is 11.3 Å². The van der Waals surface area contributed by atoms with Gasteiger partial charge in [-0.25, -0.2) is 0 Å². The molecule has 0 spiro atoms. The van der Waals surface area contributed by atoms with Gasteiger partial charge in [0.05, 0.1) is 5.69 Å². The maximum atomic E-state index is 9.75. The van der Waals surface area contributed by atoms with E-state index in [2.05, 4.69) is 41.7 Å². The van der Waals surface area contributed by atoms with Crippen LogP contribution in [0.4, 0.5) is 0 Å². The molecule has 19 heavy (non-hydrogen) atoms. The summed E-state index contributed by atoms with van der Waals surface area (Å²) in [5.74, 6) is 0.257. The van der Waals surface area contributed by atoms with Gasteiger partial charge in [0, 0.05) is 29.1 Å². The van der Waals surface area contributed by atoms with Crippen LogP contribution in [0.5, 0.6) is 5.75 Å². The highest BCUT2D eigenvalue weighted by molar-refractivity contribution is 7.10. The summed E-state index contributed by atoms with van der Waals surface area (Å²) in [6, 6.07) is 7.75. The number of aryl methyl sites for hydroxylation is 1. The summed E-state index contributed by atoms with van der Waals surface area (Å²) in [6.07, 6.45) is 0. The van der Waals surface area contributed by atoms with Gasteiger partial charge in [0.15, 0.2) is 0 Å². The minimum Gasteiger partial charge on any atom is -0.506 e. The maximum Gasteiger partial charge on any atom is 0.138 e. The predicted molar refractivity (Wildman–Crippen MR) is 79.7 cm³/mol. The van der Waals surface area contributed by atoms with Crippen LogP contribution < -0.4 is 5.32 Å². The zero-order valence-electron chi connectivity index (χ0n) is 11.6. The van der Waals surface area contributed by atoms with E-state index in [1.54, 1.807) is 17.4 Å². The second kappa shape index (κ2) is 5.72. The van der Waals surface area contributed by atoms with E-state index < -0.39 is 0 Å². The predicted octanol–water partition coefficient (Wildman–Crippen LogP) is 3.22. The van der Waals surface area contributed by atoms with Gasteiger partial charge in [-0.05, 0) is 30.5 Å². The Kier molecular flexibility index (Phi) is 4.22. The molecule has 2 aromatic rings. The fraction of sp³-hybridized carbons (Fsp3) is 0.400. The van der Waals surface area contributed by atoms with Crippen molar-refractivity contribution in [3.05, 3.63) is 45.9 Å². The Hall–Kier alpha value is -1.39. The lowest BCUT2D eigenvalue weighted by Gasteiger charge is -2.23. The summed E-state index contributed by atoms with van der Waals surface area (Å²) in [5, 5.41) is 15.2. The van der Waals surface area contributed by atoms with Crippen LogP contribution >= 0.6 is 11.3 Å². The zero-order chi connectivity index (χ0) is 13.9. The van der Waals surface area contributed by atoms with E-state index in [-0.39, 0.29) is 11.2 Å². The van der Waals surface area contributed by atoms with Crippen LogP contribution in [-0.4, -0.2) is 16.6 Å². The first-order valence-corrected chi connectivity index (χ1v) is 7.27. The third kappa shape index (κ3) is 3.55. The number of aromatic hydroxyl groups is 1. The molecule has 0 bridgehead atoms. The molecular weight excluding hydrogens is 256 g/mol. The Labute approximate surface area is 118 Å². The molecule has 2 N–H and O–H groups in total. The second-order valence-corrected chi connectivity index (χ2v) is 6.33. The van der Waals surface area contributed by atoms with Crippen LogP contribution in [0.3, 0.4) is 0 Å². The molecule has 0 amide bonds. The molecule has 0 aliphatic carbocycles. The first-order chi connectivity index (χ1) is 8.99.